The van der Waals surface area contributed by atoms with Gasteiger partial charge in [0.15, 0.2) is 22.0 Å². The lowest BCUT2D eigenvalue weighted by Crippen LogP contribution is -2.63. The number of fused-ring (bicyclic) bond motifs is 1. The van der Waals surface area contributed by atoms with Crippen LogP contribution in [-0.4, -0.2) is 86.0 Å². The lowest BCUT2D eigenvalue weighted by molar-refractivity contribution is -0.252. The molecule has 9 nitrogen and oxygen atoms in total. The van der Waals surface area contributed by atoms with E-state index in [-0.39, 0.29) is 4.32 Å². The number of hydrogen-bond acceptors (Lipinski definition) is 10. The number of ether oxygens (including phenoxy) is 3. The van der Waals surface area contributed by atoms with Crippen LogP contribution in [0, 0.1) is 0 Å². The minimum atomic E-state index is -1.60. The topological polar surface area (TPSA) is 129 Å². The smallest absolute Gasteiger partial charge is 0.268 e. The minimum Gasteiger partial charge on any atom is -0.486 e. The molecule has 0 aliphatic carbocycles. The fourth-order valence-corrected chi connectivity index (χ4v) is 4.61. The summed E-state index contributed by atoms with van der Waals surface area (Å²) in [5.74, 6) is 0.691. The van der Waals surface area contributed by atoms with Crippen molar-refractivity contribution in [2.75, 3.05) is 19.8 Å². The first-order valence-electron chi connectivity index (χ1n) is 8.88. The number of amides is 1. The summed E-state index contributed by atoms with van der Waals surface area (Å²) in [5, 5.41) is 39.6. The molecular formula is C18H19NO8S2. The molecule has 3 aliphatic rings. The summed E-state index contributed by atoms with van der Waals surface area (Å²) in [5.41, 5.74) is 0.698. The van der Waals surface area contributed by atoms with Crippen LogP contribution in [-0.2, 0) is 9.53 Å². The largest absolute Gasteiger partial charge is 0.486 e. The standard InChI is InChI=1S/C18H19NO8S2/c20-7-11-13(21)14(22)15(23)17(27-11)19-16(24)12(29-18(19)28)6-8-1-2-9-10(5-8)26-4-3-25-9/h1-2,5-6,11,13-15,17,20-23H,3-4,7H2/b12-6-/t11-,13+,14+,15-,17-/m1/s1. The van der Waals surface area contributed by atoms with Gasteiger partial charge in [-0.15, -0.1) is 0 Å². The molecule has 156 valence electrons. The second-order valence-electron chi connectivity index (χ2n) is 6.67. The van der Waals surface area contributed by atoms with E-state index in [1.54, 1.807) is 24.3 Å². The molecule has 29 heavy (non-hydrogen) atoms. The zero-order chi connectivity index (χ0) is 20.7. The van der Waals surface area contributed by atoms with Gasteiger partial charge in [0.2, 0.25) is 0 Å². The fraction of sp³-hybridized carbons (Fsp3) is 0.444. The van der Waals surface area contributed by atoms with Crippen molar-refractivity contribution in [1.29, 1.82) is 0 Å². The number of aliphatic hydroxyl groups is 4. The maximum absolute atomic E-state index is 12.9. The molecule has 4 rings (SSSR count). The minimum absolute atomic E-state index is 0.128. The molecule has 11 heteroatoms. The number of benzene rings is 1. The van der Waals surface area contributed by atoms with Gasteiger partial charge in [0.1, 0.15) is 37.6 Å². The summed E-state index contributed by atoms with van der Waals surface area (Å²) in [6.45, 7) is 0.322. The van der Waals surface area contributed by atoms with Gasteiger partial charge >= 0.3 is 0 Å². The summed E-state index contributed by atoms with van der Waals surface area (Å²) >= 11 is 6.29. The predicted octanol–water partition coefficient (Wildman–Crippen LogP) is -0.541. The number of carbonyl (C=O) groups is 1. The van der Waals surface area contributed by atoms with E-state index in [2.05, 4.69) is 0 Å². The Hall–Kier alpha value is -1.73. The molecule has 0 saturated carbocycles. The summed E-state index contributed by atoms with van der Waals surface area (Å²) in [6, 6.07) is 5.27. The van der Waals surface area contributed by atoms with E-state index in [0.29, 0.717) is 35.2 Å². The number of aliphatic hydroxyl groups excluding tert-OH is 4. The SMILES string of the molecule is O=C1/C(=C/c2ccc3c(c2)OCCO3)SC(=S)N1[C@@H]1O[C@H](CO)[C@H](O)[C@H](O)[C@H]1O. The Morgan fingerprint density at radius 2 is 1.86 bits per heavy atom. The van der Waals surface area contributed by atoms with Gasteiger partial charge in [-0.1, -0.05) is 30.0 Å². The number of nitrogens with zero attached hydrogens (tertiary/aromatic N) is 1. The number of carbonyl (C=O) groups excluding carboxylic acids is 1. The highest BCUT2D eigenvalue weighted by Crippen LogP contribution is 2.38. The molecule has 0 spiro atoms. The highest BCUT2D eigenvalue weighted by molar-refractivity contribution is 8.26. The van der Waals surface area contributed by atoms with E-state index in [1.807, 2.05) is 0 Å². The molecular weight excluding hydrogens is 422 g/mol. The van der Waals surface area contributed by atoms with Crippen molar-refractivity contribution in [3.8, 4) is 11.5 Å². The van der Waals surface area contributed by atoms with Gasteiger partial charge in [-0.2, -0.15) is 0 Å². The highest BCUT2D eigenvalue weighted by Gasteiger charge is 2.50. The number of thioether (sulfide) groups is 1. The van der Waals surface area contributed by atoms with Crippen LogP contribution in [0.1, 0.15) is 5.56 Å². The van der Waals surface area contributed by atoms with E-state index in [0.717, 1.165) is 16.7 Å². The quantitative estimate of drug-likeness (QED) is 0.358. The monoisotopic (exact) mass is 441 g/mol. The Bertz CT molecular complexity index is 860. The third-order valence-corrected chi connectivity index (χ3v) is 6.14. The lowest BCUT2D eigenvalue weighted by atomic mass is 9.98. The van der Waals surface area contributed by atoms with Crippen LogP contribution in [0.2, 0.25) is 0 Å². The molecule has 2 fully saturated rings. The molecule has 4 N–H and O–H groups in total. The van der Waals surface area contributed by atoms with Crippen LogP contribution in [0.5, 0.6) is 11.5 Å². The van der Waals surface area contributed by atoms with Gasteiger partial charge in [0.25, 0.3) is 5.91 Å². The number of hydrogen-bond donors (Lipinski definition) is 4. The van der Waals surface area contributed by atoms with E-state index in [4.69, 9.17) is 26.4 Å². The molecule has 0 aromatic heterocycles. The second kappa shape index (κ2) is 8.19. The molecule has 0 bridgehead atoms. The van der Waals surface area contributed by atoms with Crippen LogP contribution in [0.3, 0.4) is 0 Å². The molecule has 1 aromatic rings. The summed E-state index contributed by atoms with van der Waals surface area (Å²) in [7, 11) is 0. The van der Waals surface area contributed by atoms with Crippen molar-refractivity contribution in [2.45, 2.75) is 30.6 Å². The maximum Gasteiger partial charge on any atom is 0.268 e. The number of rotatable bonds is 3. The van der Waals surface area contributed by atoms with Crippen molar-refractivity contribution < 1.29 is 39.4 Å². The molecule has 3 aliphatic heterocycles. The van der Waals surface area contributed by atoms with Crippen molar-refractivity contribution in [2.24, 2.45) is 0 Å². The Labute approximate surface area is 175 Å². The predicted molar refractivity (Wildman–Crippen MR) is 106 cm³/mol. The van der Waals surface area contributed by atoms with Crippen LogP contribution in [0.4, 0.5) is 0 Å². The maximum atomic E-state index is 12.9. The van der Waals surface area contributed by atoms with Gasteiger partial charge < -0.3 is 34.6 Å². The van der Waals surface area contributed by atoms with Crippen molar-refractivity contribution in [3.63, 3.8) is 0 Å². The van der Waals surface area contributed by atoms with Crippen molar-refractivity contribution in [3.05, 3.63) is 28.7 Å². The average molecular weight is 441 g/mol. The molecule has 1 aromatic carbocycles. The van der Waals surface area contributed by atoms with E-state index in [9.17, 15) is 25.2 Å². The van der Waals surface area contributed by atoms with Gasteiger partial charge in [0.05, 0.1) is 11.5 Å². The average Bonchev–Trinajstić information content (AvgIpc) is 2.99. The lowest BCUT2D eigenvalue weighted by Gasteiger charge is -2.42. The Kier molecular flexibility index (Phi) is 5.80. The Morgan fingerprint density at radius 1 is 1.14 bits per heavy atom. The van der Waals surface area contributed by atoms with Gasteiger partial charge in [-0.25, -0.2) is 0 Å². The zero-order valence-corrected chi connectivity index (χ0v) is 16.6. The molecule has 3 heterocycles. The molecule has 1 amide bonds. The van der Waals surface area contributed by atoms with Crippen LogP contribution >= 0.6 is 24.0 Å². The van der Waals surface area contributed by atoms with E-state index < -0.39 is 43.2 Å². The van der Waals surface area contributed by atoms with Crippen LogP contribution < -0.4 is 9.47 Å². The third-order valence-electron chi connectivity index (χ3n) is 4.81. The second-order valence-corrected chi connectivity index (χ2v) is 8.35. The molecule has 2 saturated heterocycles. The van der Waals surface area contributed by atoms with Crippen LogP contribution in [0.15, 0.2) is 23.1 Å². The van der Waals surface area contributed by atoms with Gasteiger partial charge in [-0.05, 0) is 23.8 Å². The normalized spacial score (nSPS) is 33.4. The van der Waals surface area contributed by atoms with Crippen LogP contribution in [0.25, 0.3) is 6.08 Å². The zero-order valence-electron chi connectivity index (χ0n) is 15.0. The Balaban J connectivity index is 1.58. The van der Waals surface area contributed by atoms with E-state index in [1.165, 1.54) is 0 Å². The first kappa shape index (κ1) is 20.5. The highest BCUT2D eigenvalue weighted by atomic mass is 32.2. The Morgan fingerprint density at radius 3 is 2.59 bits per heavy atom. The van der Waals surface area contributed by atoms with Gasteiger partial charge in [0, 0.05) is 0 Å². The summed E-state index contributed by atoms with van der Waals surface area (Å²) in [4.78, 5) is 14.3. The molecule has 0 radical (unpaired) electrons. The first-order chi connectivity index (χ1) is 13.9. The van der Waals surface area contributed by atoms with E-state index >= 15 is 0 Å². The fourth-order valence-electron chi connectivity index (χ4n) is 3.30. The van der Waals surface area contributed by atoms with Gasteiger partial charge in [-0.3, -0.25) is 9.69 Å². The first-order valence-corrected chi connectivity index (χ1v) is 10.1. The molecule has 5 atom stereocenters. The summed E-state index contributed by atoms with van der Waals surface area (Å²) in [6.07, 6.45) is -5.55. The summed E-state index contributed by atoms with van der Waals surface area (Å²) < 4.78 is 16.6. The molecule has 0 unspecified atom stereocenters. The van der Waals surface area contributed by atoms with Crippen molar-refractivity contribution >= 4 is 40.3 Å². The number of thiocarbonyl (C=S) groups is 1. The third kappa shape index (κ3) is 3.75. The van der Waals surface area contributed by atoms with Crippen molar-refractivity contribution in [1.82, 2.24) is 4.90 Å².